The number of imide groups is 1. The second-order valence-electron chi connectivity index (χ2n) is 13.6. The highest BCUT2D eigenvalue weighted by Crippen LogP contribution is 2.30. The first-order valence-corrected chi connectivity index (χ1v) is 15.7. The van der Waals surface area contributed by atoms with E-state index in [1.54, 1.807) is 95.1 Å². The van der Waals surface area contributed by atoms with Gasteiger partial charge >= 0.3 is 18.3 Å². The number of carbonyl (C=O) groups is 4. The molecular formula is C36H44N4O7. The van der Waals surface area contributed by atoms with Gasteiger partial charge in [0.25, 0.3) is 5.91 Å². The number of carbonyl (C=O) groups excluding carboxylic acids is 3. The van der Waals surface area contributed by atoms with Crippen LogP contribution in [-0.4, -0.2) is 68.4 Å². The molecule has 1 aliphatic heterocycles. The second-order valence-corrected chi connectivity index (χ2v) is 13.6. The maximum atomic E-state index is 13.5. The van der Waals surface area contributed by atoms with Gasteiger partial charge in [0.1, 0.15) is 11.2 Å². The Hall–Kier alpha value is -4.93. The maximum Gasteiger partial charge on any atom is 0.420 e. The van der Waals surface area contributed by atoms with Crippen molar-refractivity contribution in [3.8, 4) is 0 Å². The summed E-state index contributed by atoms with van der Waals surface area (Å²) in [6, 6.07) is 19.7. The third-order valence-corrected chi connectivity index (χ3v) is 7.46. The molecule has 1 fully saturated rings. The molecule has 0 unspecified atom stereocenters. The first-order valence-electron chi connectivity index (χ1n) is 15.7. The van der Waals surface area contributed by atoms with Crippen molar-refractivity contribution in [3.05, 3.63) is 95.3 Å². The first kappa shape index (κ1) is 34.9. The van der Waals surface area contributed by atoms with Crippen molar-refractivity contribution in [2.24, 2.45) is 0 Å². The van der Waals surface area contributed by atoms with E-state index in [-0.39, 0.29) is 24.9 Å². The molecule has 2 aromatic carbocycles. The molecule has 47 heavy (non-hydrogen) atoms. The summed E-state index contributed by atoms with van der Waals surface area (Å²) in [7, 11) is 0. The number of carboxylic acid groups (broad SMARTS) is 1. The Balaban J connectivity index is 1.43. The molecule has 2 heterocycles. The van der Waals surface area contributed by atoms with Crippen LogP contribution in [0.5, 0.6) is 0 Å². The number of piperidine rings is 1. The molecule has 11 nitrogen and oxygen atoms in total. The van der Waals surface area contributed by atoms with Gasteiger partial charge in [-0.15, -0.1) is 0 Å². The Morgan fingerprint density at radius 3 is 2.04 bits per heavy atom. The van der Waals surface area contributed by atoms with Crippen molar-refractivity contribution in [3.63, 3.8) is 0 Å². The van der Waals surface area contributed by atoms with Crippen LogP contribution >= 0.6 is 0 Å². The predicted octanol–water partition coefficient (Wildman–Crippen LogP) is 7.46. The zero-order valence-corrected chi connectivity index (χ0v) is 27.9. The first-order chi connectivity index (χ1) is 22.1. The second kappa shape index (κ2) is 14.7. The van der Waals surface area contributed by atoms with Crippen molar-refractivity contribution >= 4 is 29.9 Å². The van der Waals surface area contributed by atoms with Gasteiger partial charge in [0.2, 0.25) is 0 Å². The van der Waals surface area contributed by atoms with Crippen LogP contribution in [0.25, 0.3) is 0 Å². The summed E-state index contributed by atoms with van der Waals surface area (Å²) in [5.74, 6) is 0.00954. The van der Waals surface area contributed by atoms with Gasteiger partial charge in [-0.25, -0.2) is 19.3 Å². The average Bonchev–Trinajstić information content (AvgIpc) is 3.01. The Bertz CT molecular complexity index is 1540. The SMILES string of the molecule is CC(C)(C)OC(=O)N(Cc1cccc(C2CCN(C(=O)c3cccc(N(Cc4ccccn4)C(=O)O)c3)CC2)c1)C(=O)OC(C)(C)C. The highest BCUT2D eigenvalue weighted by atomic mass is 16.6. The molecule has 1 aliphatic rings. The van der Waals surface area contributed by atoms with Gasteiger partial charge in [-0.2, -0.15) is 0 Å². The molecule has 0 saturated carbocycles. The zero-order chi connectivity index (χ0) is 34.4. The molecule has 0 aliphatic carbocycles. The summed E-state index contributed by atoms with van der Waals surface area (Å²) < 4.78 is 11.0. The normalized spacial score (nSPS) is 13.9. The van der Waals surface area contributed by atoms with Crippen molar-refractivity contribution in [1.29, 1.82) is 0 Å². The van der Waals surface area contributed by atoms with Crippen LogP contribution in [0.1, 0.15) is 87.5 Å². The number of rotatable bonds is 7. The van der Waals surface area contributed by atoms with Crippen LogP contribution in [0.15, 0.2) is 72.9 Å². The number of aromatic nitrogens is 1. The quantitative estimate of drug-likeness (QED) is 0.281. The molecule has 4 rings (SSSR count). The van der Waals surface area contributed by atoms with Gasteiger partial charge in [-0.1, -0.05) is 36.4 Å². The van der Waals surface area contributed by atoms with Crippen molar-refractivity contribution in [1.82, 2.24) is 14.8 Å². The van der Waals surface area contributed by atoms with Gasteiger partial charge in [0.05, 0.1) is 18.8 Å². The predicted molar refractivity (Wildman–Crippen MR) is 177 cm³/mol. The van der Waals surface area contributed by atoms with Crippen LogP contribution < -0.4 is 4.90 Å². The Morgan fingerprint density at radius 1 is 0.830 bits per heavy atom. The van der Waals surface area contributed by atoms with Gasteiger partial charge in [0.15, 0.2) is 0 Å². The molecular weight excluding hydrogens is 600 g/mol. The van der Waals surface area contributed by atoms with Gasteiger partial charge < -0.3 is 19.5 Å². The number of nitrogens with zero attached hydrogens (tertiary/aromatic N) is 4. The van der Waals surface area contributed by atoms with E-state index in [4.69, 9.17) is 9.47 Å². The average molecular weight is 645 g/mol. The fourth-order valence-electron chi connectivity index (χ4n) is 5.29. The van der Waals surface area contributed by atoms with E-state index in [9.17, 15) is 24.3 Å². The highest BCUT2D eigenvalue weighted by Gasteiger charge is 2.32. The van der Waals surface area contributed by atoms with E-state index >= 15 is 0 Å². The van der Waals surface area contributed by atoms with Crippen LogP contribution in [0.2, 0.25) is 0 Å². The smallest absolute Gasteiger partial charge is 0.420 e. The van der Waals surface area contributed by atoms with E-state index in [1.165, 1.54) is 4.90 Å². The number of pyridine rings is 1. The summed E-state index contributed by atoms with van der Waals surface area (Å²) in [5.41, 5.74) is 1.63. The molecule has 11 heteroatoms. The number of likely N-dealkylation sites (tertiary alicyclic amines) is 1. The lowest BCUT2D eigenvalue weighted by molar-refractivity contribution is -0.000287. The molecule has 0 atom stereocenters. The molecule has 0 radical (unpaired) electrons. The molecule has 250 valence electrons. The Kier molecular flexibility index (Phi) is 10.9. The lowest BCUT2D eigenvalue weighted by atomic mass is 9.88. The number of benzene rings is 2. The monoisotopic (exact) mass is 644 g/mol. The molecule has 0 bridgehead atoms. The third-order valence-electron chi connectivity index (χ3n) is 7.46. The van der Waals surface area contributed by atoms with Gasteiger partial charge in [-0.05, 0) is 102 Å². The van der Waals surface area contributed by atoms with Crippen molar-refractivity contribution in [2.45, 2.75) is 84.6 Å². The summed E-state index contributed by atoms with van der Waals surface area (Å²) in [6.45, 7) is 11.5. The van der Waals surface area contributed by atoms with E-state index in [1.807, 2.05) is 24.3 Å². The summed E-state index contributed by atoms with van der Waals surface area (Å²) in [5, 5.41) is 9.87. The molecule has 0 spiro atoms. The topological polar surface area (TPSA) is 130 Å². The zero-order valence-electron chi connectivity index (χ0n) is 27.9. The molecule has 1 N–H and O–H groups in total. The van der Waals surface area contributed by atoms with Gasteiger partial charge in [-0.3, -0.25) is 14.7 Å². The van der Waals surface area contributed by atoms with Crippen molar-refractivity contribution in [2.75, 3.05) is 18.0 Å². The third kappa shape index (κ3) is 10.0. The van der Waals surface area contributed by atoms with Crippen LogP contribution in [0.4, 0.5) is 20.1 Å². The molecule has 3 aromatic rings. The Morgan fingerprint density at radius 2 is 1.47 bits per heavy atom. The minimum absolute atomic E-state index is 0.0148. The molecule has 1 aromatic heterocycles. The lowest BCUT2D eigenvalue weighted by Crippen LogP contribution is -2.43. The number of anilines is 1. The van der Waals surface area contributed by atoms with E-state index < -0.39 is 29.5 Å². The van der Waals surface area contributed by atoms with E-state index in [2.05, 4.69) is 4.98 Å². The Labute approximate surface area is 276 Å². The molecule has 1 saturated heterocycles. The van der Waals surface area contributed by atoms with Crippen LogP contribution in [-0.2, 0) is 22.6 Å². The lowest BCUT2D eigenvalue weighted by Gasteiger charge is -2.33. The number of ether oxygens (including phenoxy) is 2. The standard InChI is InChI=1S/C36H44N4O7/c1-35(2,3)46-33(44)40(34(45)47-36(4,5)6)23-25-11-9-12-27(21-25)26-16-19-38(20-17-26)31(41)28-13-10-15-30(22-28)39(32(42)43)24-29-14-7-8-18-37-29/h7-15,18,21-22,26H,16-17,19-20,23-24H2,1-6H3,(H,42,43). The fourth-order valence-corrected chi connectivity index (χ4v) is 5.29. The number of hydrogen-bond donors (Lipinski definition) is 1. The summed E-state index contributed by atoms with van der Waals surface area (Å²) in [6.07, 6.45) is 0.351. The maximum absolute atomic E-state index is 13.5. The minimum Gasteiger partial charge on any atom is -0.465 e. The number of hydrogen-bond acceptors (Lipinski definition) is 7. The van der Waals surface area contributed by atoms with E-state index in [0.717, 1.165) is 28.9 Å². The summed E-state index contributed by atoms with van der Waals surface area (Å²) >= 11 is 0. The highest BCUT2D eigenvalue weighted by molar-refractivity contribution is 5.96. The minimum atomic E-state index is -1.14. The van der Waals surface area contributed by atoms with Gasteiger partial charge in [0, 0.05) is 30.5 Å². The van der Waals surface area contributed by atoms with Crippen LogP contribution in [0.3, 0.4) is 0 Å². The number of amides is 4. The van der Waals surface area contributed by atoms with E-state index in [0.29, 0.717) is 30.0 Å². The van der Waals surface area contributed by atoms with Crippen LogP contribution in [0, 0.1) is 0 Å². The fraction of sp³-hybridized carbons (Fsp3) is 0.417. The van der Waals surface area contributed by atoms with Crippen molar-refractivity contribution < 1.29 is 33.8 Å². The molecule has 4 amide bonds. The largest absolute Gasteiger partial charge is 0.465 e. The summed E-state index contributed by atoms with van der Waals surface area (Å²) in [4.78, 5) is 59.7.